The van der Waals surface area contributed by atoms with Crippen LogP contribution in [0.5, 0.6) is 5.75 Å². The van der Waals surface area contributed by atoms with Gasteiger partial charge in [-0.05, 0) is 11.6 Å². The van der Waals surface area contributed by atoms with Crippen LogP contribution in [0.2, 0.25) is 0 Å². The van der Waals surface area contributed by atoms with Crippen LogP contribution in [0.4, 0.5) is 8.78 Å². The van der Waals surface area contributed by atoms with Crippen LogP contribution in [-0.4, -0.2) is 18.0 Å². The van der Waals surface area contributed by atoms with Gasteiger partial charge in [-0.1, -0.05) is 18.2 Å². The second kappa shape index (κ2) is 4.80. The van der Waals surface area contributed by atoms with Crippen molar-refractivity contribution < 1.29 is 13.9 Å². The molecular formula is C10H12F2O. The lowest BCUT2D eigenvalue weighted by Crippen LogP contribution is -2.05. The number of hydrogen-bond acceptors (Lipinski definition) is 1. The van der Waals surface area contributed by atoms with Crippen LogP contribution in [0, 0.1) is 0 Å². The second-order valence-electron chi connectivity index (χ2n) is 2.91. The third-order valence-corrected chi connectivity index (χ3v) is 1.86. The highest BCUT2D eigenvalue weighted by Crippen LogP contribution is 2.19. The lowest BCUT2D eigenvalue weighted by molar-refractivity contribution is 0.280. The molecule has 1 aromatic rings. The maximum atomic E-state index is 12.9. The Bertz CT molecular complexity index is 263. The molecule has 0 saturated heterocycles. The molecular weight excluding hydrogens is 174 g/mol. The number of para-hydroxylation sites is 1. The third kappa shape index (κ3) is 3.01. The quantitative estimate of drug-likeness (QED) is 0.766. The first-order chi connectivity index (χ1) is 6.24. The van der Waals surface area contributed by atoms with Gasteiger partial charge in [0, 0.05) is 12.8 Å². The number of halogens is 2. The van der Waals surface area contributed by atoms with Crippen molar-refractivity contribution in [2.45, 2.75) is 19.0 Å². The fraction of sp³-hybridized carbons (Fsp3) is 0.400. The minimum Gasteiger partial charge on any atom is -0.508 e. The Labute approximate surface area is 76.0 Å². The molecule has 72 valence electrons. The minimum absolute atomic E-state index is 0.0732. The van der Waals surface area contributed by atoms with E-state index in [0.717, 1.165) is 0 Å². The predicted octanol–water partition coefficient (Wildman–Crippen LogP) is 2.63. The molecule has 13 heavy (non-hydrogen) atoms. The third-order valence-electron chi connectivity index (χ3n) is 1.86. The first kappa shape index (κ1) is 9.96. The Morgan fingerprint density at radius 1 is 1.31 bits per heavy atom. The zero-order valence-electron chi connectivity index (χ0n) is 7.21. The van der Waals surface area contributed by atoms with Gasteiger partial charge in [0.15, 0.2) is 0 Å². The lowest BCUT2D eigenvalue weighted by Gasteiger charge is -2.06. The van der Waals surface area contributed by atoms with Crippen molar-refractivity contribution in [3.8, 4) is 5.75 Å². The number of benzene rings is 1. The van der Waals surface area contributed by atoms with Crippen molar-refractivity contribution in [3.63, 3.8) is 0 Å². The maximum Gasteiger partial charge on any atom is 0.118 e. The number of phenols is 1. The van der Waals surface area contributed by atoms with E-state index in [9.17, 15) is 13.9 Å². The Hall–Kier alpha value is -1.12. The van der Waals surface area contributed by atoms with Crippen LogP contribution in [0.1, 0.15) is 12.0 Å². The summed E-state index contributed by atoms with van der Waals surface area (Å²) in [6, 6.07) is 6.52. The normalized spacial score (nSPS) is 12.8. The van der Waals surface area contributed by atoms with Crippen LogP contribution >= 0.6 is 0 Å². The summed E-state index contributed by atoms with van der Waals surface area (Å²) >= 11 is 0. The summed E-state index contributed by atoms with van der Waals surface area (Å²) in [5.74, 6) is 0.0732. The van der Waals surface area contributed by atoms with E-state index in [0.29, 0.717) is 5.56 Å². The molecule has 0 aliphatic heterocycles. The Kier molecular flexibility index (Phi) is 3.68. The van der Waals surface area contributed by atoms with E-state index in [-0.39, 0.29) is 18.6 Å². The van der Waals surface area contributed by atoms with E-state index in [1.54, 1.807) is 18.2 Å². The average molecular weight is 186 g/mol. The van der Waals surface area contributed by atoms with E-state index in [1.807, 2.05) is 0 Å². The Balaban J connectivity index is 2.58. The van der Waals surface area contributed by atoms with Gasteiger partial charge in [-0.15, -0.1) is 0 Å². The summed E-state index contributed by atoms with van der Waals surface area (Å²) in [4.78, 5) is 0. The SMILES string of the molecule is Oc1ccccc1CC(F)CCF. The molecule has 1 nitrogen and oxygen atoms in total. The Morgan fingerprint density at radius 3 is 2.62 bits per heavy atom. The number of hydrogen-bond donors (Lipinski definition) is 1. The number of aromatic hydroxyl groups is 1. The highest BCUT2D eigenvalue weighted by atomic mass is 19.1. The van der Waals surface area contributed by atoms with Gasteiger partial charge in [0.05, 0.1) is 6.67 Å². The van der Waals surface area contributed by atoms with Crippen LogP contribution in [0.15, 0.2) is 24.3 Å². The van der Waals surface area contributed by atoms with Gasteiger partial charge in [-0.25, -0.2) is 4.39 Å². The fourth-order valence-electron chi connectivity index (χ4n) is 1.14. The van der Waals surface area contributed by atoms with Crippen molar-refractivity contribution in [2.75, 3.05) is 6.67 Å². The summed E-state index contributed by atoms with van der Waals surface area (Å²) in [5, 5.41) is 9.27. The summed E-state index contributed by atoms with van der Waals surface area (Å²) in [6.07, 6.45) is -1.23. The molecule has 0 saturated carbocycles. The number of rotatable bonds is 4. The average Bonchev–Trinajstić information content (AvgIpc) is 2.09. The molecule has 0 fully saturated rings. The summed E-state index contributed by atoms with van der Waals surface area (Å²) in [7, 11) is 0. The summed E-state index contributed by atoms with van der Waals surface area (Å²) < 4.78 is 24.7. The van der Waals surface area contributed by atoms with E-state index in [4.69, 9.17) is 0 Å². The van der Waals surface area contributed by atoms with Gasteiger partial charge in [-0.3, -0.25) is 4.39 Å². The number of alkyl halides is 2. The number of phenolic OH excluding ortho intramolecular Hbond substituents is 1. The van der Waals surface area contributed by atoms with Gasteiger partial charge >= 0.3 is 0 Å². The molecule has 1 rings (SSSR count). The van der Waals surface area contributed by atoms with Gasteiger partial charge in [-0.2, -0.15) is 0 Å². The van der Waals surface area contributed by atoms with E-state index >= 15 is 0 Å². The lowest BCUT2D eigenvalue weighted by atomic mass is 10.1. The summed E-state index contributed by atoms with van der Waals surface area (Å²) in [5.41, 5.74) is 0.531. The van der Waals surface area contributed by atoms with E-state index in [2.05, 4.69) is 0 Å². The molecule has 3 heteroatoms. The second-order valence-corrected chi connectivity index (χ2v) is 2.91. The standard InChI is InChI=1S/C10H12F2O/c11-6-5-9(12)7-8-3-1-2-4-10(8)13/h1-4,9,13H,5-7H2. The van der Waals surface area contributed by atoms with Gasteiger partial charge in [0.2, 0.25) is 0 Å². The largest absolute Gasteiger partial charge is 0.508 e. The van der Waals surface area contributed by atoms with Crippen LogP contribution < -0.4 is 0 Å². The highest BCUT2D eigenvalue weighted by molar-refractivity contribution is 5.32. The van der Waals surface area contributed by atoms with Gasteiger partial charge < -0.3 is 5.11 Å². The van der Waals surface area contributed by atoms with Crippen LogP contribution in [0.3, 0.4) is 0 Å². The van der Waals surface area contributed by atoms with Crippen LogP contribution in [0.25, 0.3) is 0 Å². The molecule has 0 aliphatic carbocycles. The molecule has 0 bridgehead atoms. The van der Waals surface area contributed by atoms with Gasteiger partial charge in [0.25, 0.3) is 0 Å². The Morgan fingerprint density at radius 2 is 2.00 bits per heavy atom. The summed E-state index contributed by atoms with van der Waals surface area (Å²) in [6.45, 7) is -0.658. The predicted molar refractivity (Wildman–Crippen MR) is 47.3 cm³/mol. The minimum atomic E-state index is -1.21. The molecule has 0 radical (unpaired) electrons. The van der Waals surface area contributed by atoms with Crippen molar-refractivity contribution in [2.24, 2.45) is 0 Å². The maximum absolute atomic E-state index is 12.9. The van der Waals surface area contributed by atoms with Crippen molar-refractivity contribution in [1.29, 1.82) is 0 Å². The first-order valence-electron chi connectivity index (χ1n) is 4.21. The fourth-order valence-corrected chi connectivity index (χ4v) is 1.14. The zero-order chi connectivity index (χ0) is 9.68. The topological polar surface area (TPSA) is 20.2 Å². The molecule has 0 aliphatic rings. The first-order valence-corrected chi connectivity index (χ1v) is 4.21. The van der Waals surface area contributed by atoms with Crippen molar-refractivity contribution in [3.05, 3.63) is 29.8 Å². The zero-order valence-corrected chi connectivity index (χ0v) is 7.21. The van der Waals surface area contributed by atoms with Gasteiger partial charge in [0.1, 0.15) is 11.9 Å². The monoisotopic (exact) mass is 186 g/mol. The molecule has 0 spiro atoms. The molecule has 1 unspecified atom stereocenters. The van der Waals surface area contributed by atoms with E-state index in [1.165, 1.54) is 6.07 Å². The molecule has 1 atom stereocenters. The molecule has 1 aromatic carbocycles. The highest BCUT2D eigenvalue weighted by Gasteiger charge is 2.09. The van der Waals surface area contributed by atoms with E-state index < -0.39 is 12.8 Å². The molecule has 0 amide bonds. The molecule has 1 N–H and O–H groups in total. The molecule has 0 heterocycles. The van der Waals surface area contributed by atoms with Crippen LogP contribution in [-0.2, 0) is 6.42 Å². The molecule has 0 aromatic heterocycles. The smallest absolute Gasteiger partial charge is 0.118 e. The van der Waals surface area contributed by atoms with Crippen molar-refractivity contribution >= 4 is 0 Å². The van der Waals surface area contributed by atoms with Crippen molar-refractivity contribution in [1.82, 2.24) is 0 Å².